The minimum absolute atomic E-state index is 0. The molecule has 3 heterocycles. The van der Waals surface area contributed by atoms with Crippen LogP contribution in [0.4, 0.5) is 5.69 Å². The Bertz CT molecular complexity index is 683. The zero-order valence-corrected chi connectivity index (χ0v) is 15.5. The third-order valence-corrected chi connectivity index (χ3v) is 7.34. The minimum Gasteiger partial charge on any atom is -0.368 e. The van der Waals surface area contributed by atoms with Crippen molar-refractivity contribution in [2.24, 2.45) is 0 Å². The number of nitrogens with one attached hydrogen (secondary N) is 1. The van der Waals surface area contributed by atoms with Gasteiger partial charge in [0.05, 0.1) is 4.90 Å². The van der Waals surface area contributed by atoms with Gasteiger partial charge >= 0.3 is 0 Å². The van der Waals surface area contributed by atoms with Crippen molar-refractivity contribution in [1.82, 2.24) is 9.62 Å². The molecule has 0 aromatic heterocycles. The molecule has 0 aliphatic carbocycles. The van der Waals surface area contributed by atoms with Crippen LogP contribution in [0.15, 0.2) is 23.1 Å². The van der Waals surface area contributed by atoms with E-state index in [1.165, 1.54) is 5.56 Å². The second kappa shape index (κ2) is 7.20. The molecular weight excluding hydrogens is 346 g/mol. The smallest absolute Gasteiger partial charge is 0.243 e. The van der Waals surface area contributed by atoms with Crippen molar-refractivity contribution in [2.45, 2.75) is 43.0 Å². The van der Waals surface area contributed by atoms with E-state index < -0.39 is 10.0 Å². The summed E-state index contributed by atoms with van der Waals surface area (Å²) in [6.45, 7) is 4.46. The predicted molar refractivity (Wildman–Crippen MR) is 98.6 cm³/mol. The first-order valence-corrected chi connectivity index (χ1v) is 10.2. The van der Waals surface area contributed by atoms with E-state index in [9.17, 15) is 8.42 Å². The van der Waals surface area contributed by atoms with Gasteiger partial charge in [0.25, 0.3) is 0 Å². The highest BCUT2D eigenvalue weighted by molar-refractivity contribution is 7.89. The van der Waals surface area contributed by atoms with Crippen LogP contribution in [0, 0.1) is 0 Å². The van der Waals surface area contributed by atoms with E-state index in [0.29, 0.717) is 24.0 Å². The van der Waals surface area contributed by atoms with E-state index in [-0.39, 0.29) is 12.4 Å². The van der Waals surface area contributed by atoms with Crippen LogP contribution in [0.5, 0.6) is 0 Å². The van der Waals surface area contributed by atoms with Gasteiger partial charge in [0.2, 0.25) is 10.0 Å². The van der Waals surface area contributed by atoms with E-state index >= 15 is 0 Å². The molecule has 1 aromatic rings. The Morgan fingerprint density at radius 2 is 1.75 bits per heavy atom. The van der Waals surface area contributed by atoms with Crippen LogP contribution in [0.3, 0.4) is 0 Å². The standard InChI is InChI=1S/C17H25N3O2S.ClH/c21-23(22,19-10-1-2-11-19)16-4-3-14-7-12-20(17(14)13-16)15-5-8-18-9-6-15;/h3-4,13,15,18H,1-2,5-12H2;1H. The molecule has 1 aromatic carbocycles. The molecule has 2 fully saturated rings. The Morgan fingerprint density at radius 3 is 2.46 bits per heavy atom. The van der Waals surface area contributed by atoms with Gasteiger partial charge in [0, 0.05) is 31.4 Å². The van der Waals surface area contributed by atoms with Crippen LogP contribution >= 0.6 is 12.4 Å². The Kier molecular flexibility index (Phi) is 5.39. The fraction of sp³-hybridized carbons (Fsp3) is 0.647. The lowest BCUT2D eigenvalue weighted by molar-refractivity contribution is 0.435. The average Bonchev–Trinajstić information content (AvgIpc) is 3.25. The number of nitrogens with zero attached hydrogens (tertiary/aromatic N) is 2. The van der Waals surface area contributed by atoms with Crippen molar-refractivity contribution >= 4 is 28.1 Å². The number of rotatable bonds is 3. The van der Waals surface area contributed by atoms with Gasteiger partial charge in [-0.3, -0.25) is 0 Å². The van der Waals surface area contributed by atoms with Gasteiger partial charge in [-0.15, -0.1) is 12.4 Å². The van der Waals surface area contributed by atoms with Gasteiger partial charge in [-0.25, -0.2) is 8.42 Å². The number of fused-ring (bicyclic) bond motifs is 1. The van der Waals surface area contributed by atoms with Gasteiger partial charge in [0.1, 0.15) is 0 Å². The van der Waals surface area contributed by atoms with Crippen LogP contribution in [0.1, 0.15) is 31.2 Å². The number of piperidine rings is 1. The van der Waals surface area contributed by atoms with Gasteiger partial charge in [0.15, 0.2) is 0 Å². The van der Waals surface area contributed by atoms with E-state index in [4.69, 9.17) is 0 Å². The van der Waals surface area contributed by atoms with E-state index in [2.05, 4.69) is 10.2 Å². The summed E-state index contributed by atoms with van der Waals surface area (Å²) in [6, 6.07) is 6.30. The maximum Gasteiger partial charge on any atom is 0.243 e. The third-order valence-electron chi connectivity index (χ3n) is 5.44. The highest BCUT2D eigenvalue weighted by Gasteiger charge is 2.31. The van der Waals surface area contributed by atoms with Crippen LogP contribution in [0.2, 0.25) is 0 Å². The molecule has 0 atom stereocenters. The lowest BCUT2D eigenvalue weighted by atomic mass is 10.0. The molecular formula is C17H26ClN3O2S. The molecule has 7 heteroatoms. The average molecular weight is 372 g/mol. The summed E-state index contributed by atoms with van der Waals surface area (Å²) in [5.41, 5.74) is 2.45. The fourth-order valence-electron chi connectivity index (χ4n) is 4.12. The zero-order chi connectivity index (χ0) is 15.9. The summed E-state index contributed by atoms with van der Waals surface area (Å²) in [5.74, 6) is 0. The Labute approximate surface area is 150 Å². The lowest BCUT2D eigenvalue weighted by Crippen LogP contribution is -2.42. The Hall–Kier alpha value is -0.820. The Balaban J connectivity index is 0.00000169. The molecule has 5 nitrogen and oxygen atoms in total. The summed E-state index contributed by atoms with van der Waals surface area (Å²) in [4.78, 5) is 2.91. The summed E-state index contributed by atoms with van der Waals surface area (Å²) in [5, 5.41) is 3.41. The Morgan fingerprint density at radius 1 is 1.04 bits per heavy atom. The van der Waals surface area contributed by atoms with Gasteiger partial charge in [-0.2, -0.15) is 4.31 Å². The molecule has 0 amide bonds. The van der Waals surface area contributed by atoms with E-state index in [1.54, 1.807) is 10.4 Å². The topological polar surface area (TPSA) is 52.7 Å². The number of hydrogen-bond donors (Lipinski definition) is 1. The number of hydrogen-bond acceptors (Lipinski definition) is 4. The molecule has 0 bridgehead atoms. The van der Waals surface area contributed by atoms with Gasteiger partial charge < -0.3 is 10.2 Å². The minimum atomic E-state index is -3.32. The monoisotopic (exact) mass is 371 g/mol. The number of anilines is 1. The highest BCUT2D eigenvalue weighted by Crippen LogP contribution is 2.35. The molecule has 2 saturated heterocycles. The normalized spacial score (nSPS) is 22.4. The highest BCUT2D eigenvalue weighted by atomic mass is 35.5. The number of sulfonamides is 1. The van der Waals surface area contributed by atoms with Gasteiger partial charge in [-0.1, -0.05) is 6.07 Å². The van der Waals surface area contributed by atoms with Crippen molar-refractivity contribution in [3.8, 4) is 0 Å². The van der Waals surface area contributed by atoms with Gasteiger partial charge in [-0.05, 0) is 62.9 Å². The van der Waals surface area contributed by atoms with Crippen molar-refractivity contribution in [2.75, 3.05) is 37.6 Å². The SMILES string of the molecule is Cl.O=S(=O)(c1ccc2c(c1)N(C1CCNCC1)CC2)N1CCCC1. The molecule has 1 N–H and O–H groups in total. The first-order chi connectivity index (χ1) is 11.2. The molecule has 3 aliphatic heterocycles. The fourth-order valence-corrected chi connectivity index (χ4v) is 5.66. The van der Waals surface area contributed by atoms with E-state index in [0.717, 1.165) is 57.4 Å². The maximum absolute atomic E-state index is 12.8. The van der Waals surface area contributed by atoms with Crippen molar-refractivity contribution in [3.63, 3.8) is 0 Å². The molecule has 24 heavy (non-hydrogen) atoms. The molecule has 0 spiro atoms. The van der Waals surface area contributed by atoms with Crippen LogP contribution in [-0.4, -0.2) is 51.5 Å². The summed E-state index contributed by atoms with van der Waals surface area (Å²) >= 11 is 0. The maximum atomic E-state index is 12.8. The van der Waals surface area contributed by atoms with Crippen LogP contribution < -0.4 is 10.2 Å². The summed E-state index contributed by atoms with van der Waals surface area (Å²) < 4.78 is 27.3. The third kappa shape index (κ3) is 3.17. The molecule has 0 radical (unpaired) electrons. The molecule has 134 valence electrons. The van der Waals surface area contributed by atoms with Crippen molar-refractivity contribution in [1.29, 1.82) is 0 Å². The number of halogens is 1. The molecule has 3 aliphatic rings. The van der Waals surface area contributed by atoms with E-state index in [1.807, 2.05) is 12.1 Å². The first kappa shape index (κ1) is 18.0. The largest absolute Gasteiger partial charge is 0.368 e. The van der Waals surface area contributed by atoms with Crippen molar-refractivity contribution in [3.05, 3.63) is 23.8 Å². The second-order valence-corrected chi connectivity index (χ2v) is 8.76. The van der Waals surface area contributed by atoms with Crippen molar-refractivity contribution < 1.29 is 8.42 Å². The number of benzene rings is 1. The quantitative estimate of drug-likeness (QED) is 0.883. The molecule has 0 saturated carbocycles. The lowest BCUT2D eigenvalue weighted by Gasteiger charge is -2.33. The first-order valence-electron chi connectivity index (χ1n) is 8.77. The molecule has 4 rings (SSSR count). The predicted octanol–water partition coefficient (Wildman–Crippen LogP) is 2.01. The molecule has 0 unspecified atom stereocenters. The van der Waals surface area contributed by atoms with Crippen LogP contribution in [0.25, 0.3) is 0 Å². The van der Waals surface area contributed by atoms with Crippen LogP contribution in [-0.2, 0) is 16.4 Å². The summed E-state index contributed by atoms with van der Waals surface area (Å²) in [7, 11) is -3.32. The summed E-state index contributed by atoms with van der Waals surface area (Å²) in [6.07, 6.45) is 5.27. The zero-order valence-electron chi connectivity index (χ0n) is 13.9. The second-order valence-electron chi connectivity index (χ2n) is 6.83.